The van der Waals surface area contributed by atoms with Gasteiger partial charge >= 0.3 is 0 Å². The number of carbonyl (C=O) groups excluding carboxylic acids is 1. The monoisotopic (exact) mass is 402 g/mol. The summed E-state index contributed by atoms with van der Waals surface area (Å²) in [4.78, 5) is 20.2. The molecule has 1 aliphatic heterocycles. The second-order valence-corrected chi connectivity index (χ2v) is 8.08. The first kappa shape index (κ1) is 17.7. The van der Waals surface area contributed by atoms with Crippen LogP contribution >= 0.6 is 11.3 Å². The fourth-order valence-electron chi connectivity index (χ4n) is 3.38. The Morgan fingerprint density at radius 1 is 1.00 bits per heavy atom. The molecule has 5 rings (SSSR count). The van der Waals surface area contributed by atoms with Gasteiger partial charge in [-0.05, 0) is 43.3 Å². The number of hydrogen-bond acceptors (Lipinski definition) is 5. The van der Waals surface area contributed by atoms with E-state index in [2.05, 4.69) is 18.3 Å². The molecule has 0 aliphatic carbocycles. The Bertz CT molecular complexity index is 1230. The number of ether oxygens (including phenoxy) is 2. The summed E-state index contributed by atoms with van der Waals surface area (Å²) in [7, 11) is 0. The number of nitrogens with one attached hydrogen (secondary N) is 1. The van der Waals surface area contributed by atoms with Crippen molar-refractivity contribution in [3.8, 4) is 22.1 Å². The predicted molar refractivity (Wildman–Crippen MR) is 115 cm³/mol. The molecule has 5 nitrogen and oxygen atoms in total. The van der Waals surface area contributed by atoms with Gasteiger partial charge in [0.25, 0.3) is 5.91 Å². The van der Waals surface area contributed by atoms with E-state index in [9.17, 15) is 4.79 Å². The van der Waals surface area contributed by atoms with Crippen LogP contribution in [0.4, 0.5) is 5.69 Å². The van der Waals surface area contributed by atoms with Crippen molar-refractivity contribution >= 4 is 33.8 Å². The van der Waals surface area contributed by atoms with Gasteiger partial charge in [0, 0.05) is 22.0 Å². The summed E-state index contributed by atoms with van der Waals surface area (Å²) < 4.78 is 11.2. The van der Waals surface area contributed by atoms with Crippen LogP contribution in [0.2, 0.25) is 0 Å². The number of nitrogens with zero attached hydrogens (tertiary/aromatic N) is 1. The van der Waals surface area contributed by atoms with Gasteiger partial charge in [0.15, 0.2) is 11.5 Å². The number of aryl methyl sites for hydroxylation is 1. The van der Waals surface area contributed by atoms with Crippen LogP contribution in [0.25, 0.3) is 21.5 Å². The molecule has 0 saturated carbocycles. The summed E-state index contributed by atoms with van der Waals surface area (Å²) in [5.41, 5.74) is 2.85. The van der Waals surface area contributed by atoms with E-state index in [0.717, 1.165) is 21.5 Å². The Morgan fingerprint density at radius 3 is 2.66 bits per heavy atom. The van der Waals surface area contributed by atoms with E-state index in [1.54, 1.807) is 17.4 Å². The maximum Gasteiger partial charge on any atom is 0.256 e. The van der Waals surface area contributed by atoms with Crippen molar-refractivity contribution in [1.29, 1.82) is 0 Å². The largest absolute Gasteiger partial charge is 0.486 e. The first-order chi connectivity index (χ1) is 14.2. The van der Waals surface area contributed by atoms with Gasteiger partial charge in [-0.2, -0.15) is 0 Å². The van der Waals surface area contributed by atoms with Crippen molar-refractivity contribution in [2.24, 2.45) is 0 Å². The highest BCUT2D eigenvalue weighted by atomic mass is 32.1. The van der Waals surface area contributed by atoms with Crippen LogP contribution in [0, 0.1) is 6.92 Å². The number of benzene rings is 2. The lowest BCUT2D eigenvalue weighted by Gasteiger charge is -2.19. The zero-order valence-corrected chi connectivity index (χ0v) is 16.6. The summed E-state index contributed by atoms with van der Waals surface area (Å²) in [5.74, 6) is 1.15. The van der Waals surface area contributed by atoms with E-state index in [-0.39, 0.29) is 5.91 Å². The number of amides is 1. The molecule has 0 saturated heterocycles. The Labute approximate surface area is 171 Å². The van der Waals surface area contributed by atoms with Gasteiger partial charge in [-0.3, -0.25) is 4.79 Å². The summed E-state index contributed by atoms with van der Waals surface area (Å²) in [5, 5.41) is 3.80. The second-order valence-electron chi connectivity index (χ2n) is 6.80. The normalized spacial score (nSPS) is 12.7. The molecule has 144 valence electrons. The lowest BCUT2D eigenvalue weighted by atomic mass is 10.1. The Morgan fingerprint density at radius 2 is 1.83 bits per heavy atom. The lowest BCUT2D eigenvalue weighted by molar-refractivity contribution is 0.102. The molecule has 1 aliphatic rings. The third-order valence-electron chi connectivity index (χ3n) is 4.75. The Balaban J connectivity index is 1.54. The zero-order valence-electron chi connectivity index (χ0n) is 15.8. The Hall–Kier alpha value is -3.38. The standard InChI is InChI=1S/C23H18N2O3S/c1-14-6-9-22(29-14)19-13-17(16-4-2-3-5-18(16)25-19)23(26)24-15-7-8-20-21(12-15)28-11-10-27-20/h2-9,12-13H,10-11H2,1H3,(H,24,26). The molecule has 0 unspecified atom stereocenters. The molecule has 2 aromatic heterocycles. The Kier molecular flexibility index (Phi) is 4.41. The molecule has 2 aromatic carbocycles. The number of aromatic nitrogens is 1. The summed E-state index contributed by atoms with van der Waals surface area (Å²) in [6, 6.07) is 19.1. The highest BCUT2D eigenvalue weighted by Crippen LogP contribution is 2.34. The number of hydrogen-bond donors (Lipinski definition) is 1. The maximum atomic E-state index is 13.2. The van der Waals surface area contributed by atoms with Gasteiger partial charge in [0.2, 0.25) is 0 Å². The molecule has 3 heterocycles. The third kappa shape index (κ3) is 3.43. The van der Waals surface area contributed by atoms with E-state index in [1.165, 1.54) is 4.88 Å². The van der Waals surface area contributed by atoms with Crippen molar-refractivity contribution in [2.75, 3.05) is 18.5 Å². The number of pyridine rings is 1. The quantitative estimate of drug-likeness (QED) is 0.505. The number of thiophene rings is 1. The number of anilines is 1. The van der Waals surface area contributed by atoms with Crippen LogP contribution in [0.15, 0.2) is 60.7 Å². The predicted octanol–water partition coefficient (Wildman–Crippen LogP) is 5.30. The van der Waals surface area contributed by atoms with E-state index in [1.807, 2.05) is 48.5 Å². The van der Waals surface area contributed by atoms with Crippen LogP contribution in [0.3, 0.4) is 0 Å². The lowest BCUT2D eigenvalue weighted by Crippen LogP contribution is -2.16. The van der Waals surface area contributed by atoms with Gasteiger partial charge in [-0.1, -0.05) is 18.2 Å². The minimum atomic E-state index is -0.185. The van der Waals surface area contributed by atoms with Crippen LogP contribution < -0.4 is 14.8 Å². The maximum absolute atomic E-state index is 13.2. The van der Waals surface area contributed by atoms with E-state index in [0.29, 0.717) is 36.0 Å². The fraction of sp³-hybridized carbons (Fsp3) is 0.130. The summed E-state index contributed by atoms with van der Waals surface area (Å²) in [6.45, 7) is 3.10. The van der Waals surface area contributed by atoms with E-state index in [4.69, 9.17) is 14.5 Å². The molecular weight excluding hydrogens is 384 g/mol. The molecule has 0 fully saturated rings. The molecule has 1 N–H and O–H groups in total. The van der Waals surface area contributed by atoms with Crippen LogP contribution in [0.1, 0.15) is 15.2 Å². The molecule has 0 radical (unpaired) electrons. The highest BCUT2D eigenvalue weighted by Gasteiger charge is 2.17. The van der Waals surface area contributed by atoms with Gasteiger partial charge < -0.3 is 14.8 Å². The van der Waals surface area contributed by atoms with Crippen molar-refractivity contribution in [1.82, 2.24) is 4.98 Å². The SMILES string of the molecule is Cc1ccc(-c2cc(C(=O)Nc3ccc4c(c3)OCCO4)c3ccccc3n2)s1. The minimum absolute atomic E-state index is 0.185. The molecule has 1 amide bonds. The molecule has 0 spiro atoms. The van der Waals surface area contributed by atoms with E-state index < -0.39 is 0 Å². The van der Waals surface area contributed by atoms with Crippen LogP contribution in [-0.4, -0.2) is 24.1 Å². The van der Waals surface area contributed by atoms with Crippen LogP contribution in [-0.2, 0) is 0 Å². The van der Waals surface area contributed by atoms with Crippen molar-refractivity contribution < 1.29 is 14.3 Å². The average molecular weight is 402 g/mol. The number of para-hydroxylation sites is 1. The first-order valence-corrected chi connectivity index (χ1v) is 10.2. The topological polar surface area (TPSA) is 60.5 Å². The molecule has 6 heteroatoms. The van der Waals surface area contributed by atoms with Gasteiger partial charge in [0.05, 0.1) is 21.7 Å². The fourth-order valence-corrected chi connectivity index (χ4v) is 4.21. The minimum Gasteiger partial charge on any atom is -0.486 e. The average Bonchev–Trinajstić information content (AvgIpc) is 3.19. The van der Waals surface area contributed by atoms with Crippen molar-refractivity contribution in [3.63, 3.8) is 0 Å². The summed E-state index contributed by atoms with van der Waals surface area (Å²) in [6.07, 6.45) is 0. The number of fused-ring (bicyclic) bond motifs is 2. The van der Waals surface area contributed by atoms with Gasteiger partial charge in [-0.15, -0.1) is 11.3 Å². The van der Waals surface area contributed by atoms with Crippen LogP contribution in [0.5, 0.6) is 11.5 Å². The smallest absolute Gasteiger partial charge is 0.256 e. The zero-order chi connectivity index (χ0) is 19.8. The number of carbonyl (C=O) groups is 1. The highest BCUT2D eigenvalue weighted by molar-refractivity contribution is 7.15. The van der Waals surface area contributed by atoms with Crippen molar-refractivity contribution in [3.05, 3.63) is 71.1 Å². The van der Waals surface area contributed by atoms with Crippen molar-refractivity contribution in [2.45, 2.75) is 6.92 Å². The van der Waals surface area contributed by atoms with Gasteiger partial charge in [0.1, 0.15) is 13.2 Å². The molecular formula is C23H18N2O3S. The van der Waals surface area contributed by atoms with Gasteiger partial charge in [-0.25, -0.2) is 4.98 Å². The van der Waals surface area contributed by atoms with E-state index >= 15 is 0 Å². The molecule has 0 atom stereocenters. The second kappa shape index (κ2) is 7.22. The number of rotatable bonds is 3. The molecule has 4 aromatic rings. The third-order valence-corrected chi connectivity index (χ3v) is 5.78. The first-order valence-electron chi connectivity index (χ1n) is 9.35. The summed E-state index contributed by atoms with van der Waals surface area (Å²) >= 11 is 1.66. The molecule has 29 heavy (non-hydrogen) atoms. The molecule has 0 bridgehead atoms.